The summed E-state index contributed by atoms with van der Waals surface area (Å²) in [5.74, 6) is 0.712. The Morgan fingerprint density at radius 1 is 1.50 bits per heavy atom. The lowest BCUT2D eigenvalue weighted by Gasteiger charge is -1.95. The summed E-state index contributed by atoms with van der Waals surface area (Å²) in [5.41, 5.74) is 0. The Morgan fingerprint density at radius 2 is 2.30 bits per heavy atom. The standard InChI is InChI=1S/C4H3ClIN3S/c5-3-1-2-4(8-7-3)9-10-6/h1-2H,(H,8,9). The van der Waals surface area contributed by atoms with Crippen LogP contribution in [-0.2, 0) is 0 Å². The van der Waals surface area contributed by atoms with Crippen molar-refractivity contribution in [2.24, 2.45) is 0 Å². The summed E-state index contributed by atoms with van der Waals surface area (Å²) in [6.07, 6.45) is 0. The van der Waals surface area contributed by atoms with Gasteiger partial charge >= 0.3 is 0 Å². The molecule has 0 radical (unpaired) electrons. The van der Waals surface area contributed by atoms with Crippen molar-refractivity contribution in [2.45, 2.75) is 0 Å². The second kappa shape index (κ2) is 4.20. The second-order valence-electron chi connectivity index (χ2n) is 1.42. The monoisotopic (exact) mass is 287 g/mol. The zero-order chi connectivity index (χ0) is 7.40. The molecule has 1 heterocycles. The molecule has 10 heavy (non-hydrogen) atoms. The minimum Gasteiger partial charge on any atom is -0.304 e. The van der Waals surface area contributed by atoms with Gasteiger partial charge in [0.2, 0.25) is 0 Å². The highest BCUT2D eigenvalue weighted by atomic mass is 127. The molecular formula is C4H3ClIN3S. The summed E-state index contributed by atoms with van der Waals surface area (Å²) in [5, 5.41) is 7.79. The van der Waals surface area contributed by atoms with Crippen LogP contribution in [0.1, 0.15) is 0 Å². The van der Waals surface area contributed by atoms with Crippen LogP contribution in [-0.4, -0.2) is 10.2 Å². The van der Waals surface area contributed by atoms with Gasteiger partial charge in [0.1, 0.15) is 0 Å². The molecule has 1 rings (SSSR count). The fourth-order valence-electron chi connectivity index (χ4n) is 0.410. The Bertz CT molecular complexity index is 204. The van der Waals surface area contributed by atoms with Gasteiger partial charge in [-0.3, -0.25) is 0 Å². The normalized spacial score (nSPS) is 9.40. The third-order valence-electron chi connectivity index (χ3n) is 0.775. The van der Waals surface area contributed by atoms with E-state index in [1.165, 1.54) is 9.12 Å². The highest BCUT2D eigenvalue weighted by Crippen LogP contribution is 2.14. The lowest BCUT2D eigenvalue weighted by Crippen LogP contribution is -1.89. The van der Waals surface area contributed by atoms with Gasteiger partial charge in [-0.2, -0.15) is 0 Å². The van der Waals surface area contributed by atoms with Crippen molar-refractivity contribution in [3.8, 4) is 0 Å². The fourth-order valence-corrected chi connectivity index (χ4v) is 1.38. The molecule has 54 valence electrons. The van der Waals surface area contributed by atoms with E-state index in [0.29, 0.717) is 11.0 Å². The van der Waals surface area contributed by atoms with Crippen LogP contribution in [0, 0.1) is 0 Å². The number of hydrogen-bond acceptors (Lipinski definition) is 4. The maximum absolute atomic E-state index is 5.50. The molecule has 0 atom stereocenters. The molecular weight excluding hydrogens is 284 g/mol. The predicted molar refractivity (Wildman–Crippen MR) is 52.3 cm³/mol. The van der Waals surface area contributed by atoms with E-state index in [1.54, 1.807) is 12.1 Å². The van der Waals surface area contributed by atoms with Crippen molar-refractivity contribution in [1.29, 1.82) is 0 Å². The molecule has 0 fully saturated rings. The van der Waals surface area contributed by atoms with Gasteiger partial charge in [0.05, 0.1) is 0 Å². The number of anilines is 1. The summed E-state index contributed by atoms with van der Waals surface area (Å²) < 4.78 is 2.91. The first-order valence-corrected chi connectivity index (χ1v) is 6.09. The molecule has 0 aliphatic heterocycles. The summed E-state index contributed by atoms with van der Waals surface area (Å²) in [7, 11) is 1.43. The van der Waals surface area contributed by atoms with E-state index < -0.39 is 0 Å². The number of hydrogen-bond donors (Lipinski definition) is 1. The van der Waals surface area contributed by atoms with Crippen LogP contribution >= 0.6 is 41.9 Å². The van der Waals surface area contributed by atoms with Gasteiger partial charge in [0.15, 0.2) is 11.0 Å². The smallest absolute Gasteiger partial charge is 0.159 e. The van der Waals surface area contributed by atoms with Crippen molar-refractivity contribution in [3.05, 3.63) is 17.3 Å². The maximum atomic E-state index is 5.50. The van der Waals surface area contributed by atoms with Crippen LogP contribution in [0.5, 0.6) is 0 Å². The first kappa shape index (κ1) is 8.35. The first-order chi connectivity index (χ1) is 4.83. The molecule has 0 aliphatic carbocycles. The summed E-state index contributed by atoms with van der Waals surface area (Å²) in [6.45, 7) is 0. The molecule has 0 bridgehead atoms. The molecule has 0 aromatic carbocycles. The molecule has 0 aliphatic rings. The Morgan fingerprint density at radius 3 is 2.80 bits per heavy atom. The quantitative estimate of drug-likeness (QED) is 0.670. The average Bonchev–Trinajstić information content (AvgIpc) is 1.95. The van der Waals surface area contributed by atoms with Gasteiger partial charge in [0.25, 0.3) is 0 Å². The van der Waals surface area contributed by atoms with Crippen molar-refractivity contribution in [1.82, 2.24) is 10.2 Å². The van der Waals surface area contributed by atoms with E-state index in [0.717, 1.165) is 0 Å². The van der Waals surface area contributed by atoms with E-state index in [-0.39, 0.29) is 0 Å². The van der Waals surface area contributed by atoms with Crippen molar-refractivity contribution < 1.29 is 0 Å². The number of nitrogens with zero attached hydrogens (tertiary/aromatic N) is 2. The molecule has 0 amide bonds. The van der Waals surface area contributed by atoms with Crippen LogP contribution in [0.3, 0.4) is 0 Å². The Labute approximate surface area is 79.7 Å². The van der Waals surface area contributed by atoms with Crippen LogP contribution in [0.25, 0.3) is 0 Å². The van der Waals surface area contributed by atoms with E-state index in [1.807, 2.05) is 0 Å². The van der Waals surface area contributed by atoms with E-state index in [2.05, 4.69) is 36.1 Å². The Hall–Kier alpha value is 0.250. The van der Waals surface area contributed by atoms with E-state index in [4.69, 9.17) is 11.6 Å². The van der Waals surface area contributed by atoms with Crippen molar-refractivity contribution in [2.75, 3.05) is 4.72 Å². The van der Waals surface area contributed by atoms with Gasteiger partial charge in [-0.25, -0.2) is 0 Å². The van der Waals surface area contributed by atoms with E-state index >= 15 is 0 Å². The second-order valence-corrected chi connectivity index (χ2v) is 3.49. The van der Waals surface area contributed by atoms with Gasteiger partial charge in [-0.05, 0) is 12.1 Å². The zero-order valence-electron chi connectivity index (χ0n) is 4.71. The molecule has 0 spiro atoms. The average molecular weight is 288 g/mol. The minimum absolute atomic E-state index is 0.406. The molecule has 0 saturated carbocycles. The Balaban J connectivity index is 2.69. The zero-order valence-corrected chi connectivity index (χ0v) is 8.44. The lowest BCUT2D eigenvalue weighted by atomic mass is 10.5. The van der Waals surface area contributed by atoms with Crippen LogP contribution < -0.4 is 4.72 Å². The number of rotatable bonds is 2. The predicted octanol–water partition coefficient (Wildman–Crippen LogP) is 2.54. The number of nitrogens with one attached hydrogen (secondary N) is 1. The van der Waals surface area contributed by atoms with Gasteiger partial charge < -0.3 is 4.72 Å². The molecule has 1 aromatic heterocycles. The SMILES string of the molecule is Clc1ccc(NSI)nn1. The number of aromatic nitrogens is 2. The van der Waals surface area contributed by atoms with Crippen LogP contribution in [0.2, 0.25) is 5.15 Å². The van der Waals surface area contributed by atoms with Gasteiger partial charge in [-0.1, -0.05) is 11.6 Å². The third-order valence-corrected chi connectivity index (χ3v) is 1.92. The largest absolute Gasteiger partial charge is 0.304 e. The van der Waals surface area contributed by atoms with Gasteiger partial charge in [0, 0.05) is 30.3 Å². The maximum Gasteiger partial charge on any atom is 0.159 e. The van der Waals surface area contributed by atoms with Gasteiger partial charge in [-0.15, -0.1) is 10.2 Å². The molecule has 6 heteroatoms. The van der Waals surface area contributed by atoms with E-state index in [9.17, 15) is 0 Å². The molecule has 3 nitrogen and oxygen atoms in total. The van der Waals surface area contributed by atoms with Crippen molar-refractivity contribution in [3.63, 3.8) is 0 Å². The molecule has 0 unspecified atom stereocenters. The van der Waals surface area contributed by atoms with Crippen LogP contribution in [0.15, 0.2) is 12.1 Å². The van der Waals surface area contributed by atoms with Crippen LogP contribution in [0.4, 0.5) is 5.82 Å². The summed E-state index contributed by atoms with van der Waals surface area (Å²) in [4.78, 5) is 0. The molecule has 0 saturated heterocycles. The summed E-state index contributed by atoms with van der Waals surface area (Å²) in [6, 6.07) is 3.45. The third kappa shape index (κ3) is 2.47. The van der Waals surface area contributed by atoms with Crippen molar-refractivity contribution >= 4 is 47.7 Å². The summed E-state index contributed by atoms with van der Waals surface area (Å²) >= 11 is 7.61. The lowest BCUT2D eigenvalue weighted by molar-refractivity contribution is 1.04. The highest BCUT2D eigenvalue weighted by molar-refractivity contribution is 14.2. The first-order valence-electron chi connectivity index (χ1n) is 2.36. The highest BCUT2D eigenvalue weighted by Gasteiger charge is 1.91. The molecule has 1 N–H and O–H groups in total. The topological polar surface area (TPSA) is 37.8 Å². The fraction of sp³-hybridized carbons (Fsp3) is 0. The molecule has 1 aromatic rings. The Kier molecular flexibility index (Phi) is 3.50. The minimum atomic E-state index is 0.406. The number of halogens is 2.